The summed E-state index contributed by atoms with van der Waals surface area (Å²) in [5, 5.41) is 3.28. The second-order valence-corrected chi connectivity index (χ2v) is 10.8. The molecule has 2 aromatic carbocycles. The number of H-pyrrole nitrogens is 1. The zero-order valence-electron chi connectivity index (χ0n) is 23.7. The summed E-state index contributed by atoms with van der Waals surface area (Å²) in [6.45, 7) is 5.11. The smallest absolute Gasteiger partial charge is 0.222 e. The van der Waals surface area contributed by atoms with E-state index in [0.717, 1.165) is 27.8 Å². The van der Waals surface area contributed by atoms with Crippen LogP contribution in [0.2, 0.25) is 0 Å². The lowest BCUT2D eigenvalue weighted by Crippen LogP contribution is -2.42. The number of aliphatic imine (C=N–C) groups is 1. The minimum absolute atomic E-state index is 0.0332. The van der Waals surface area contributed by atoms with Crippen molar-refractivity contribution >= 4 is 34.5 Å². The van der Waals surface area contributed by atoms with E-state index in [0.29, 0.717) is 67.8 Å². The molecule has 5 rings (SSSR count). The third-order valence-corrected chi connectivity index (χ3v) is 8.00. The van der Waals surface area contributed by atoms with Crippen molar-refractivity contribution in [2.45, 2.75) is 39.3 Å². The van der Waals surface area contributed by atoms with Gasteiger partial charge in [-0.3, -0.25) is 14.6 Å². The quantitative estimate of drug-likeness (QED) is 0.137. The van der Waals surface area contributed by atoms with E-state index in [1.165, 1.54) is 0 Å². The first kappa shape index (κ1) is 28.3. The van der Waals surface area contributed by atoms with Gasteiger partial charge in [-0.15, -0.1) is 0 Å². The summed E-state index contributed by atoms with van der Waals surface area (Å²) in [4.78, 5) is 33.5. The fraction of sp³-hybridized carbons (Fsp3) is 0.344. The number of nitrogens with zero attached hydrogens (tertiary/aromatic N) is 2. The molecule has 0 saturated carbocycles. The summed E-state index contributed by atoms with van der Waals surface area (Å²) in [6.07, 6.45) is 7.72. The number of hydrogen-bond donors (Lipinski definition) is 3. The Hall–Kier alpha value is -4.24. The van der Waals surface area contributed by atoms with Gasteiger partial charge in [0.15, 0.2) is 5.82 Å². The molecule has 2 amide bonds. The predicted octanol–water partition coefficient (Wildman–Crippen LogP) is 4.73. The number of ether oxygens (including phenoxy) is 1. The number of aryl methyl sites for hydroxylation is 1. The molecule has 4 N–H and O–H groups in total. The van der Waals surface area contributed by atoms with E-state index < -0.39 is 6.17 Å². The summed E-state index contributed by atoms with van der Waals surface area (Å²) in [5.41, 5.74) is 10.6. The number of hydrogen-bond acceptors (Lipinski definition) is 5. The van der Waals surface area contributed by atoms with Crippen LogP contribution in [0.15, 0.2) is 59.6 Å². The molecule has 8 nitrogen and oxygen atoms in total. The predicted molar refractivity (Wildman–Crippen MR) is 160 cm³/mol. The number of aromatic nitrogens is 1. The number of aromatic amines is 1. The van der Waals surface area contributed by atoms with Gasteiger partial charge in [-0.2, -0.15) is 0 Å². The first-order valence-electron chi connectivity index (χ1n) is 13.8. The number of nitrogens with one attached hydrogen (secondary N) is 2. The fourth-order valence-corrected chi connectivity index (χ4v) is 5.40. The number of nitrogens with two attached hydrogens (primary N) is 1. The van der Waals surface area contributed by atoms with Gasteiger partial charge in [0.05, 0.1) is 19.2 Å². The second kappa shape index (κ2) is 11.7. The highest BCUT2D eigenvalue weighted by molar-refractivity contribution is 6.00. The molecule has 0 spiro atoms. The number of rotatable bonds is 11. The number of benzene rings is 2. The van der Waals surface area contributed by atoms with Gasteiger partial charge >= 0.3 is 0 Å². The Labute approximate surface area is 239 Å². The van der Waals surface area contributed by atoms with Crippen molar-refractivity contribution in [2.24, 2.45) is 16.1 Å². The minimum Gasteiger partial charge on any atom is -0.496 e. The number of carbonyl (C=O) groups is 2. The van der Waals surface area contributed by atoms with Gasteiger partial charge in [0.2, 0.25) is 12.3 Å². The normalized spacial score (nSPS) is 16.9. The van der Waals surface area contributed by atoms with Crippen molar-refractivity contribution in [1.29, 1.82) is 0 Å². The summed E-state index contributed by atoms with van der Waals surface area (Å²) >= 11 is 0. The lowest BCUT2D eigenvalue weighted by atomic mass is 9.92. The van der Waals surface area contributed by atoms with Gasteiger partial charge < -0.3 is 25.7 Å². The molecule has 3 aromatic rings. The number of para-hydroxylation sites is 1. The first-order valence-corrected chi connectivity index (χ1v) is 13.8. The van der Waals surface area contributed by atoms with Gasteiger partial charge in [0, 0.05) is 52.8 Å². The average molecular weight is 558 g/mol. The summed E-state index contributed by atoms with van der Waals surface area (Å²) in [6, 6.07) is 11.6. The average Bonchev–Trinajstić information content (AvgIpc) is 3.65. The molecule has 1 atom stereocenters. The van der Waals surface area contributed by atoms with Crippen molar-refractivity contribution < 1.29 is 18.7 Å². The summed E-state index contributed by atoms with van der Waals surface area (Å²) in [5.74, 6) is 0.429. The highest BCUT2D eigenvalue weighted by Gasteiger charge is 2.35. The molecule has 0 fully saturated rings. The molecule has 214 valence electrons. The van der Waals surface area contributed by atoms with Gasteiger partial charge in [-0.1, -0.05) is 36.4 Å². The van der Waals surface area contributed by atoms with Gasteiger partial charge in [-0.05, 0) is 56.0 Å². The van der Waals surface area contributed by atoms with Gasteiger partial charge in [0.25, 0.3) is 0 Å². The number of carbonyl (C=O) groups excluding carboxylic acids is 2. The molecule has 0 saturated heterocycles. The van der Waals surface area contributed by atoms with Gasteiger partial charge in [0.1, 0.15) is 11.9 Å². The van der Waals surface area contributed by atoms with Crippen molar-refractivity contribution in [3.63, 3.8) is 0 Å². The third kappa shape index (κ3) is 5.95. The van der Waals surface area contributed by atoms with Crippen LogP contribution >= 0.6 is 0 Å². The van der Waals surface area contributed by atoms with Crippen LogP contribution in [-0.2, 0) is 9.59 Å². The lowest BCUT2D eigenvalue weighted by Gasteiger charge is -2.29. The monoisotopic (exact) mass is 557 g/mol. The molecule has 1 aliphatic heterocycles. The largest absolute Gasteiger partial charge is 0.496 e. The van der Waals surface area contributed by atoms with Gasteiger partial charge in [-0.25, -0.2) is 4.39 Å². The standard InChI is InChI=1S/C32H36FN5O3/c1-20-15-26-25(23-8-4-5-9-27(23)41-3)16-24(29(33)30(26)37-20)22-7-6-14-38(17-22)28(40)10-11-32(12-13-32)18-35-21(2)31(34)36-19-39/h4-5,7-9,12-13,15-16,19,31,37H,6,10-11,14,17-18,34H2,1-3H3,(H,36,39). The highest BCUT2D eigenvalue weighted by Crippen LogP contribution is 2.41. The van der Waals surface area contributed by atoms with Crippen molar-refractivity contribution in [1.82, 2.24) is 15.2 Å². The van der Waals surface area contributed by atoms with Crippen molar-refractivity contribution in [3.05, 3.63) is 71.7 Å². The SMILES string of the molecule is COc1ccccc1-c1cc(C2=CCCN(C(=O)CCC3(CN=C(C)C(N)NC=O)C=C3)C2)c(F)c2[nH]c(C)cc12. The molecule has 0 bridgehead atoms. The van der Waals surface area contributed by atoms with E-state index >= 15 is 4.39 Å². The third-order valence-electron chi connectivity index (χ3n) is 8.00. The van der Waals surface area contributed by atoms with Crippen molar-refractivity contribution in [2.75, 3.05) is 26.7 Å². The minimum atomic E-state index is -0.624. The van der Waals surface area contributed by atoms with Crippen LogP contribution in [0.4, 0.5) is 4.39 Å². The Balaban J connectivity index is 1.33. The zero-order valence-corrected chi connectivity index (χ0v) is 23.7. The number of halogens is 1. The highest BCUT2D eigenvalue weighted by atomic mass is 19.1. The number of fused-ring (bicyclic) bond motifs is 1. The summed E-state index contributed by atoms with van der Waals surface area (Å²) in [7, 11) is 1.63. The zero-order chi connectivity index (χ0) is 29.1. The van der Waals surface area contributed by atoms with E-state index in [1.54, 1.807) is 14.0 Å². The lowest BCUT2D eigenvalue weighted by molar-refractivity contribution is -0.131. The second-order valence-electron chi connectivity index (χ2n) is 10.8. The molecule has 41 heavy (non-hydrogen) atoms. The van der Waals surface area contributed by atoms with E-state index in [-0.39, 0.29) is 17.1 Å². The van der Waals surface area contributed by atoms with Crippen LogP contribution in [0.5, 0.6) is 5.75 Å². The van der Waals surface area contributed by atoms with Crippen LogP contribution in [0.25, 0.3) is 27.6 Å². The molecule has 9 heteroatoms. The molecular formula is C32H36FN5O3. The molecule has 1 aromatic heterocycles. The van der Waals surface area contributed by atoms with E-state index in [4.69, 9.17) is 10.5 Å². The molecule has 2 heterocycles. The maximum Gasteiger partial charge on any atom is 0.222 e. The fourth-order valence-electron chi connectivity index (χ4n) is 5.40. The molecule has 2 aliphatic rings. The number of methoxy groups -OCH3 is 1. The van der Waals surface area contributed by atoms with Crippen LogP contribution in [0.3, 0.4) is 0 Å². The molecule has 1 aliphatic carbocycles. The Morgan fingerprint density at radius 3 is 2.78 bits per heavy atom. The van der Waals surface area contributed by atoms with E-state index in [9.17, 15) is 9.59 Å². The Morgan fingerprint density at radius 1 is 1.27 bits per heavy atom. The topological polar surface area (TPSA) is 113 Å². The van der Waals surface area contributed by atoms with E-state index in [1.807, 2.05) is 54.3 Å². The van der Waals surface area contributed by atoms with Crippen LogP contribution in [-0.4, -0.2) is 60.8 Å². The summed E-state index contributed by atoms with van der Waals surface area (Å²) < 4.78 is 21.6. The Bertz CT molecular complexity index is 1560. The number of amides is 2. The van der Waals surface area contributed by atoms with Crippen LogP contribution in [0.1, 0.15) is 37.4 Å². The maximum absolute atomic E-state index is 16.0. The molecular weight excluding hydrogens is 521 g/mol. The van der Waals surface area contributed by atoms with Crippen molar-refractivity contribution in [3.8, 4) is 16.9 Å². The molecule has 1 unspecified atom stereocenters. The van der Waals surface area contributed by atoms with E-state index in [2.05, 4.69) is 27.4 Å². The first-order chi connectivity index (χ1) is 19.7. The Kier molecular flexibility index (Phi) is 8.08. The Morgan fingerprint density at radius 2 is 2.05 bits per heavy atom. The molecule has 0 radical (unpaired) electrons. The van der Waals surface area contributed by atoms with Crippen LogP contribution in [0, 0.1) is 18.2 Å². The van der Waals surface area contributed by atoms with Crippen LogP contribution < -0.4 is 15.8 Å². The maximum atomic E-state index is 16.0.